The highest BCUT2D eigenvalue weighted by molar-refractivity contribution is 5.79. The van der Waals surface area contributed by atoms with E-state index in [9.17, 15) is 19.5 Å². The number of pyridine rings is 1. The molecule has 0 radical (unpaired) electrons. The number of aromatic nitrogens is 1. The number of carboxylic acid groups (broad SMARTS) is 1. The minimum atomic E-state index is -0.876. The van der Waals surface area contributed by atoms with Gasteiger partial charge in [-0.05, 0) is 56.6 Å². The summed E-state index contributed by atoms with van der Waals surface area (Å²) in [6.07, 6.45) is 6.50. The molecule has 9 nitrogen and oxygen atoms in total. The summed E-state index contributed by atoms with van der Waals surface area (Å²) in [6, 6.07) is 4.24. The second-order valence-electron chi connectivity index (χ2n) is 9.66. The van der Waals surface area contributed by atoms with Crippen molar-refractivity contribution < 1.29 is 24.6 Å². The van der Waals surface area contributed by atoms with Crippen LogP contribution in [0.15, 0.2) is 18.3 Å². The Morgan fingerprint density at radius 1 is 1.06 bits per heavy atom. The van der Waals surface area contributed by atoms with E-state index in [-0.39, 0.29) is 29.6 Å². The van der Waals surface area contributed by atoms with Crippen LogP contribution in [0.1, 0.15) is 62.8 Å². The molecule has 2 amide bonds. The van der Waals surface area contributed by atoms with Crippen LogP contribution in [0.4, 0.5) is 5.82 Å². The first-order valence-electron chi connectivity index (χ1n) is 12.0. The van der Waals surface area contributed by atoms with Crippen molar-refractivity contribution >= 4 is 23.6 Å². The van der Waals surface area contributed by atoms with Gasteiger partial charge in [0.15, 0.2) is 0 Å². The molecule has 3 aliphatic rings. The summed E-state index contributed by atoms with van der Waals surface area (Å²) >= 11 is 0. The Bertz CT molecular complexity index is 860. The molecule has 2 saturated heterocycles. The Labute approximate surface area is 194 Å². The van der Waals surface area contributed by atoms with E-state index in [1.54, 1.807) is 6.20 Å². The molecule has 0 bridgehead atoms. The number of hydrogen-bond acceptors (Lipinski definition) is 6. The Morgan fingerprint density at radius 2 is 1.76 bits per heavy atom. The molecule has 4 rings (SSSR count). The molecule has 1 aliphatic carbocycles. The number of carbonyl (C=O) groups is 3. The largest absolute Gasteiger partial charge is 0.481 e. The van der Waals surface area contributed by atoms with Crippen LogP contribution in [0.3, 0.4) is 0 Å². The predicted molar refractivity (Wildman–Crippen MR) is 121 cm³/mol. The Morgan fingerprint density at radius 3 is 2.33 bits per heavy atom. The number of aliphatic hydroxyl groups is 1. The Hall–Kier alpha value is -2.68. The number of carboxylic acids is 1. The van der Waals surface area contributed by atoms with Gasteiger partial charge in [-0.3, -0.25) is 14.4 Å². The molecule has 1 saturated carbocycles. The number of amides is 2. The second-order valence-corrected chi connectivity index (χ2v) is 9.66. The second kappa shape index (κ2) is 10.1. The SMILES string of the molecule is CN(c1ccc(C2CCC(=O)NC2O)cn1)C1CCC(C(=O)N2CCC(C(=O)O)CC2)CC1. The first-order valence-corrected chi connectivity index (χ1v) is 12.0. The highest BCUT2D eigenvalue weighted by Crippen LogP contribution is 2.32. The summed E-state index contributed by atoms with van der Waals surface area (Å²) in [4.78, 5) is 44.1. The van der Waals surface area contributed by atoms with E-state index in [0.29, 0.717) is 44.8 Å². The van der Waals surface area contributed by atoms with Crippen molar-refractivity contribution in [2.45, 2.75) is 69.6 Å². The number of likely N-dealkylation sites (tertiary alicyclic amines) is 1. The van der Waals surface area contributed by atoms with Crippen LogP contribution in [0.2, 0.25) is 0 Å². The molecule has 3 heterocycles. The lowest BCUT2D eigenvalue weighted by Gasteiger charge is -2.38. The van der Waals surface area contributed by atoms with E-state index in [1.165, 1.54) is 0 Å². The van der Waals surface area contributed by atoms with E-state index in [1.807, 2.05) is 24.1 Å². The number of hydrogen-bond donors (Lipinski definition) is 3. The van der Waals surface area contributed by atoms with Crippen LogP contribution in [0, 0.1) is 11.8 Å². The molecule has 0 aromatic carbocycles. The fourth-order valence-corrected chi connectivity index (χ4v) is 5.46. The first-order chi connectivity index (χ1) is 15.8. The molecule has 0 spiro atoms. The molecule has 2 aliphatic heterocycles. The molecule has 1 aromatic rings. The van der Waals surface area contributed by atoms with Gasteiger partial charge in [-0.15, -0.1) is 0 Å². The summed E-state index contributed by atoms with van der Waals surface area (Å²) in [6.45, 7) is 1.09. The van der Waals surface area contributed by atoms with Crippen LogP contribution >= 0.6 is 0 Å². The Kier molecular flexibility index (Phi) is 7.17. The smallest absolute Gasteiger partial charge is 0.306 e. The minimum absolute atomic E-state index is 0.0226. The molecule has 180 valence electrons. The quantitative estimate of drug-likeness (QED) is 0.614. The Balaban J connectivity index is 1.28. The van der Waals surface area contributed by atoms with Crippen LogP contribution in [0.5, 0.6) is 0 Å². The number of aliphatic hydroxyl groups excluding tert-OH is 1. The molecule has 2 atom stereocenters. The summed E-state index contributed by atoms with van der Waals surface area (Å²) in [7, 11) is 2.03. The maximum Gasteiger partial charge on any atom is 0.306 e. The van der Waals surface area contributed by atoms with Crippen molar-refractivity contribution in [3.8, 4) is 0 Å². The molecule has 1 aromatic heterocycles. The first kappa shape index (κ1) is 23.5. The van der Waals surface area contributed by atoms with Crippen LogP contribution < -0.4 is 10.2 Å². The van der Waals surface area contributed by atoms with Gasteiger partial charge < -0.3 is 25.3 Å². The number of aliphatic carboxylic acids is 1. The van der Waals surface area contributed by atoms with E-state index < -0.39 is 12.2 Å². The third-order valence-electron chi connectivity index (χ3n) is 7.68. The molecule has 3 N–H and O–H groups in total. The third-order valence-corrected chi connectivity index (χ3v) is 7.68. The van der Waals surface area contributed by atoms with Gasteiger partial charge >= 0.3 is 5.97 Å². The van der Waals surface area contributed by atoms with Gasteiger partial charge in [0.1, 0.15) is 12.0 Å². The third kappa shape index (κ3) is 5.29. The number of rotatable bonds is 5. The number of carbonyl (C=O) groups excluding carboxylic acids is 2. The summed E-state index contributed by atoms with van der Waals surface area (Å²) in [5.74, 6) is -0.279. The summed E-state index contributed by atoms with van der Waals surface area (Å²) in [5.41, 5.74) is 0.917. The van der Waals surface area contributed by atoms with Crippen molar-refractivity contribution in [3.63, 3.8) is 0 Å². The highest BCUT2D eigenvalue weighted by atomic mass is 16.4. The lowest BCUT2D eigenvalue weighted by Crippen LogP contribution is -2.45. The van der Waals surface area contributed by atoms with Crippen molar-refractivity contribution in [1.29, 1.82) is 0 Å². The van der Waals surface area contributed by atoms with Gasteiger partial charge in [-0.2, -0.15) is 0 Å². The fraction of sp³-hybridized carbons (Fsp3) is 0.667. The zero-order valence-electron chi connectivity index (χ0n) is 19.2. The van der Waals surface area contributed by atoms with E-state index in [0.717, 1.165) is 37.1 Å². The highest BCUT2D eigenvalue weighted by Gasteiger charge is 2.34. The van der Waals surface area contributed by atoms with Crippen molar-refractivity contribution in [2.24, 2.45) is 11.8 Å². The average molecular weight is 459 g/mol. The zero-order valence-corrected chi connectivity index (χ0v) is 19.2. The fourth-order valence-electron chi connectivity index (χ4n) is 5.46. The molecule has 2 unspecified atom stereocenters. The monoisotopic (exact) mass is 458 g/mol. The summed E-state index contributed by atoms with van der Waals surface area (Å²) < 4.78 is 0. The average Bonchev–Trinajstić information content (AvgIpc) is 2.83. The van der Waals surface area contributed by atoms with Gasteiger partial charge in [0.05, 0.1) is 5.92 Å². The van der Waals surface area contributed by atoms with E-state index >= 15 is 0 Å². The number of anilines is 1. The van der Waals surface area contributed by atoms with Gasteiger partial charge in [0, 0.05) is 50.6 Å². The van der Waals surface area contributed by atoms with Crippen LogP contribution in [0.25, 0.3) is 0 Å². The normalized spacial score (nSPS) is 28.8. The topological polar surface area (TPSA) is 123 Å². The molecule has 9 heteroatoms. The minimum Gasteiger partial charge on any atom is -0.481 e. The van der Waals surface area contributed by atoms with Crippen LogP contribution in [-0.2, 0) is 14.4 Å². The molecule has 3 fully saturated rings. The van der Waals surface area contributed by atoms with Crippen molar-refractivity contribution in [3.05, 3.63) is 23.9 Å². The predicted octanol–water partition coefficient (Wildman–Crippen LogP) is 1.71. The van der Waals surface area contributed by atoms with Crippen molar-refractivity contribution in [1.82, 2.24) is 15.2 Å². The maximum absolute atomic E-state index is 12.9. The lowest BCUT2D eigenvalue weighted by atomic mass is 9.84. The van der Waals surface area contributed by atoms with E-state index in [4.69, 9.17) is 5.11 Å². The molecular weight excluding hydrogens is 424 g/mol. The maximum atomic E-state index is 12.9. The van der Waals surface area contributed by atoms with Gasteiger partial charge in [0.2, 0.25) is 11.8 Å². The van der Waals surface area contributed by atoms with Crippen LogP contribution in [-0.4, -0.2) is 70.3 Å². The van der Waals surface area contributed by atoms with Gasteiger partial charge in [-0.1, -0.05) is 6.07 Å². The zero-order chi connectivity index (χ0) is 23.5. The number of nitrogens with one attached hydrogen (secondary N) is 1. The number of nitrogens with zero attached hydrogens (tertiary/aromatic N) is 3. The standard InChI is InChI=1S/C24H34N4O5/c1-27(20-8-4-17(14-25-20)19-7-9-21(29)26-22(19)30)18-5-2-15(3-6-18)23(31)28-12-10-16(11-13-28)24(32)33/h4,8,14-16,18-19,22,30H,2-3,5-7,9-13H2,1H3,(H,26,29)(H,32,33). The van der Waals surface area contributed by atoms with E-state index in [2.05, 4.69) is 15.2 Å². The molecular formula is C24H34N4O5. The van der Waals surface area contributed by atoms with Crippen molar-refractivity contribution in [2.75, 3.05) is 25.0 Å². The number of piperidine rings is 2. The lowest BCUT2D eigenvalue weighted by molar-refractivity contribution is -0.147. The molecule has 33 heavy (non-hydrogen) atoms. The van der Waals surface area contributed by atoms with Gasteiger partial charge in [0.25, 0.3) is 0 Å². The summed E-state index contributed by atoms with van der Waals surface area (Å²) in [5, 5.41) is 21.9. The van der Waals surface area contributed by atoms with Gasteiger partial charge in [-0.25, -0.2) is 4.98 Å².